The van der Waals surface area contributed by atoms with Gasteiger partial charge in [0.15, 0.2) is 5.16 Å². The fraction of sp³-hybridized carbons (Fsp3) is 0.435. The molecule has 0 saturated carbocycles. The fourth-order valence-electron chi connectivity index (χ4n) is 3.78. The minimum Gasteiger partial charge on any atom is -0.467 e. The number of nitrogens with zero attached hydrogens (tertiary/aromatic N) is 5. The lowest BCUT2D eigenvalue weighted by atomic mass is 10.1. The SMILES string of the molecule is Cc1ccccc1CN(C)C(=O)CSc1nnc(N2CCCCC2)n1Cc1ccco1. The molecule has 1 saturated heterocycles. The molecule has 1 fully saturated rings. The average molecular weight is 440 g/mol. The molecule has 0 atom stereocenters. The van der Waals surface area contributed by atoms with E-state index in [-0.39, 0.29) is 5.91 Å². The molecule has 164 valence electrons. The van der Waals surface area contributed by atoms with Gasteiger partial charge in [0.25, 0.3) is 0 Å². The van der Waals surface area contributed by atoms with E-state index in [1.165, 1.54) is 23.7 Å². The van der Waals surface area contributed by atoms with Crippen molar-refractivity contribution < 1.29 is 9.21 Å². The zero-order valence-electron chi connectivity index (χ0n) is 18.2. The molecule has 1 amide bonds. The molecule has 3 aromatic rings. The highest BCUT2D eigenvalue weighted by atomic mass is 32.2. The Kier molecular flexibility index (Phi) is 6.96. The zero-order valence-corrected chi connectivity index (χ0v) is 19.0. The first kappa shape index (κ1) is 21.5. The maximum absolute atomic E-state index is 12.8. The molecule has 1 aromatic carbocycles. The third-order valence-electron chi connectivity index (χ3n) is 5.65. The minimum atomic E-state index is 0.0697. The zero-order chi connectivity index (χ0) is 21.6. The number of hydrogen-bond acceptors (Lipinski definition) is 6. The lowest BCUT2D eigenvalue weighted by Gasteiger charge is -2.27. The van der Waals surface area contributed by atoms with Crippen molar-refractivity contribution in [2.24, 2.45) is 0 Å². The smallest absolute Gasteiger partial charge is 0.233 e. The second kappa shape index (κ2) is 10.0. The summed E-state index contributed by atoms with van der Waals surface area (Å²) < 4.78 is 7.64. The van der Waals surface area contributed by atoms with E-state index >= 15 is 0 Å². The highest BCUT2D eigenvalue weighted by Crippen LogP contribution is 2.26. The standard InChI is InChI=1S/C23H29N5O2S/c1-18-9-4-5-10-19(18)15-26(2)21(29)17-31-23-25-24-22(27-12-6-3-7-13-27)28(23)16-20-11-8-14-30-20/h4-5,8-11,14H,3,6-7,12-13,15-17H2,1-2H3. The molecule has 0 N–H and O–H groups in total. The van der Waals surface area contributed by atoms with Gasteiger partial charge in [-0.2, -0.15) is 0 Å². The van der Waals surface area contributed by atoms with Crippen LogP contribution in [0.15, 0.2) is 52.2 Å². The molecule has 31 heavy (non-hydrogen) atoms. The van der Waals surface area contributed by atoms with Crippen LogP contribution in [0.4, 0.5) is 5.95 Å². The summed E-state index contributed by atoms with van der Waals surface area (Å²) in [7, 11) is 1.85. The Hall–Kier alpha value is -2.74. The number of anilines is 1. The topological polar surface area (TPSA) is 67.4 Å². The average Bonchev–Trinajstić information content (AvgIpc) is 3.44. The van der Waals surface area contributed by atoms with E-state index in [2.05, 4.69) is 38.7 Å². The summed E-state index contributed by atoms with van der Waals surface area (Å²) in [6.45, 7) is 5.20. The predicted octanol–water partition coefficient (Wildman–Crippen LogP) is 3.97. The minimum absolute atomic E-state index is 0.0697. The number of carbonyl (C=O) groups excluding carboxylic acids is 1. The van der Waals surface area contributed by atoms with Gasteiger partial charge < -0.3 is 14.2 Å². The fourth-order valence-corrected chi connectivity index (χ4v) is 4.65. The molecule has 0 aliphatic carbocycles. The summed E-state index contributed by atoms with van der Waals surface area (Å²) in [5.74, 6) is 2.10. The first-order valence-corrected chi connectivity index (χ1v) is 11.7. The van der Waals surface area contributed by atoms with Crippen LogP contribution in [0.25, 0.3) is 0 Å². The van der Waals surface area contributed by atoms with Gasteiger partial charge in [-0.25, -0.2) is 0 Å². The first-order valence-electron chi connectivity index (χ1n) is 10.7. The van der Waals surface area contributed by atoms with Gasteiger partial charge in [0.05, 0.1) is 18.6 Å². The van der Waals surface area contributed by atoms with Crippen molar-refractivity contribution in [2.75, 3.05) is 30.8 Å². The third kappa shape index (κ3) is 5.31. The molecule has 0 spiro atoms. The van der Waals surface area contributed by atoms with E-state index in [4.69, 9.17) is 4.42 Å². The van der Waals surface area contributed by atoms with E-state index in [1.807, 2.05) is 31.3 Å². The lowest BCUT2D eigenvalue weighted by molar-refractivity contribution is -0.127. The molecule has 1 aliphatic rings. The number of furan rings is 1. The number of piperidine rings is 1. The summed E-state index contributed by atoms with van der Waals surface area (Å²) in [4.78, 5) is 16.8. The first-order chi connectivity index (χ1) is 15.1. The molecule has 0 bridgehead atoms. The second-order valence-corrected chi connectivity index (χ2v) is 8.90. The summed E-state index contributed by atoms with van der Waals surface area (Å²) >= 11 is 1.43. The Balaban J connectivity index is 1.45. The summed E-state index contributed by atoms with van der Waals surface area (Å²) in [5.41, 5.74) is 2.36. The van der Waals surface area contributed by atoms with Crippen LogP contribution < -0.4 is 4.90 Å². The number of amides is 1. The van der Waals surface area contributed by atoms with Crippen molar-refractivity contribution >= 4 is 23.6 Å². The highest BCUT2D eigenvalue weighted by Gasteiger charge is 2.22. The van der Waals surface area contributed by atoms with Crippen LogP contribution in [0.1, 0.15) is 36.1 Å². The van der Waals surface area contributed by atoms with E-state index in [0.717, 1.165) is 48.4 Å². The normalized spacial score (nSPS) is 14.1. The quantitative estimate of drug-likeness (QED) is 0.495. The van der Waals surface area contributed by atoms with Crippen molar-refractivity contribution in [3.05, 3.63) is 59.5 Å². The van der Waals surface area contributed by atoms with Gasteiger partial charge in [0, 0.05) is 26.7 Å². The van der Waals surface area contributed by atoms with Gasteiger partial charge in [-0.15, -0.1) is 10.2 Å². The van der Waals surface area contributed by atoms with Crippen molar-refractivity contribution in [2.45, 2.75) is 44.4 Å². The molecule has 7 nitrogen and oxygen atoms in total. The van der Waals surface area contributed by atoms with Gasteiger partial charge in [0.1, 0.15) is 5.76 Å². The van der Waals surface area contributed by atoms with E-state index < -0.39 is 0 Å². The van der Waals surface area contributed by atoms with Crippen molar-refractivity contribution in [1.29, 1.82) is 0 Å². The summed E-state index contributed by atoms with van der Waals surface area (Å²) in [5, 5.41) is 9.64. The number of rotatable bonds is 8. The van der Waals surface area contributed by atoms with Crippen molar-refractivity contribution in [1.82, 2.24) is 19.7 Å². The number of hydrogen-bond donors (Lipinski definition) is 0. The van der Waals surface area contributed by atoms with Crippen molar-refractivity contribution in [3.8, 4) is 0 Å². The van der Waals surface area contributed by atoms with Gasteiger partial charge in [-0.3, -0.25) is 9.36 Å². The molecule has 3 heterocycles. The largest absolute Gasteiger partial charge is 0.467 e. The van der Waals surface area contributed by atoms with Crippen molar-refractivity contribution in [3.63, 3.8) is 0 Å². The number of aromatic nitrogens is 3. The maximum Gasteiger partial charge on any atom is 0.233 e. The van der Waals surface area contributed by atoms with Crippen LogP contribution in [0.2, 0.25) is 0 Å². The van der Waals surface area contributed by atoms with Crippen LogP contribution in [-0.2, 0) is 17.9 Å². The van der Waals surface area contributed by atoms with Gasteiger partial charge in [0.2, 0.25) is 11.9 Å². The Morgan fingerprint density at radius 3 is 2.68 bits per heavy atom. The lowest BCUT2D eigenvalue weighted by Crippen LogP contribution is -2.32. The van der Waals surface area contributed by atoms with Crippen LogP contribution in [0, 0.1) is 6.92 Å². The molecular weight excluding hydrogens is 410 g/mol. The monoisotopic (exact) mass is 439 g/mol. The highest BCUT2D eigenvalue weighted by molar-refractivity contribution is 7.99. The molecule has 0 unspecified atom stereocenters. The summed E-state index contributed by atoms with van der Waals surface area (Å²) in [6.07, 6.45) is 5.26. The molecule has 4 rings (SSSR count). The van der Waals surface area contributed by atoms with Crippen LogP contribution in [0.3, 0.4) is 0 Å². The number of benzene rings is 1. The second-order valence-electron chi connectivity index (χ2n) is 7.96. The van der Waals surface area contributed by atoms with Crippen LogP contribution in [0.5, 0.6) is 0 Å². The Morgan fingerprint density at radius 2 is 1.94 bits per heavy atom. The van der Waals surface area contributed by atoms with Crippen LogP contribution >= 0.6 is 11.8 Å². The third-order valence-corrected chi connectivity index (χ3v) is 6.60. The summed E-state index contributed by atoms with van der Waals surface area (Å²) in [6, 6.07) is 12.0. The maximum atomic E-state index is 12.8. The molecular formula is C23H29N5O2S. The predicted molar refractivity (Wildman–Crippen MR) is 122 cm³/mol. The van der Waals surface area contributed by atoms with Crippen LogP contribution in [-0.4, -0.2) is 51.5 Å². The van der Waals surface area contributed by atoms with Gasteiger partial charge in [-0.05, 0) is 49.4 Å². The molecule has 0 radical (unpaired) electrons. The number of aryl methyl sites for hydroxylation is 1. The Bertz CT molecular complexity index is 995. The van der Waals surface area contributed by atoms with E-state index in [1.54, 1.807) is 11.2 Å². The van der Waals surface area contributed by atoms with Gasteiger partial charge >= 0.3 is 0 Å². The Labute approximate surface area is 187 Å². The van der Waals surface area contributed by atoms with E-state index in [9.17, 15) is 4.79 Å². The molecule has 1 aliphatic heterocycles. The number of thioether (sulfide) groups is 1. The molecule has 2 aromatic heterocycles. The number of carbonyl (C=O) groups is 1. The molecule has 8 heteroatoms. The Morgan fingerprint density at radius 1 is 1.13 bits per heavy atom. The van der Waals surface area contributed by atoms with Gasteiger partial charge in [-0.1, -0.05) is 36.0 Å². The van der Waals surface area contributed by atoms with E-state index in [0.29, 0.717) is 18.8 Å².